The lowest BCUT2D eigenvalue weighted by Crippen LogP contribution is -2.32. The Labute approximate surface area is 188 Å². The van der Waals surface area contributed by atoms with Crippen molar-refractivity contribution in [3.05, 3.63) is 86.6 Å². The minimum atomic E-state index is -0.486. The van der Waals surface area contributed by atoms with Crippen molar-refractivity contribution in [1.29, 1.82) is 0 Å². The third kappa shape index (κ3) is 4.95. The number of halogens is 1. The number of thiophene rings is 1. The van der Waals surface area contributed by atoms with Crippen LogP contribution in [0.15, 0.2) is 60.0 Å². The standard InChI is InChI=1S/C23H20ClN3O3S/c24-18-10-7-16(12-19(18)26-22(29)20-2-1-11-31-20)23(30)27(17-8-9-17)13-14-3-5-15(6-4-14)21(25)28/h1-7,10-12,17H,8-9,13H2,(H2,25,28)(H,26,29). The lowest BCUT2D eigenvalue weighted by atomic mass is 10.1. The van der Waals surface area contributed by atoms with Crippen molar-refractivity contribution in [2.24, 2.45) is 5.73 Å². The Balaban J connectivity index is 1.53. The van der Waals surface area contributed by atoms with Crippen LogP contribution in [0.2, 0.25) is 5.02 Å². The van der Waals surface area contributed by atoms with Crippen molar-refractivity contribution in [3.8, 4) is 0 Å². The Kier molecular flexibility index (Phi) is 6.06. The van der Waals surface area contributed by atoms with Crippen molar-refractivity contribution in [2.45, 2.75) is 25.4 Å². The number of benzene rings is 2. The zero-order valence-electron chi connectivity index (χ0n) is 16.5. The highest BCUT2D eigenvalue weighted by Crippen LogP contribution is 2.31. The van der Waals surface area contributed by atoms with Gasteiger partial charge in [-0.1, -0.05) is 29.8 Å². The van der Waals surface area contributed by atoms with Gasteiger partial charge in [-0.3, -0.25) is 14.4 Å². The Morgan fingerprint density at radius 2 is 1.77 bits per heavy atom. The van der Waals surface area contributed by atoms with Crippen molar-refractivity contribution >= 4 is 46.3 Å². The van der Waals surface area contributed by atoms with E-state index in [0.717, 1.165) is 18.4 Å². The molecule has 0 unspecified atom stereocenters. The Morgan fingerprint density at radius 1 is 1.06 bits per heavy atom. The van der Waals surface area contributed by atoms with Crippen molar-refractivity contribution < 1.29 is 14.4 Å². The van der Waals surface area contributed by atoms with E-state index >= 15 is 0 Å². The molecule has 158 valence electrons. The third-order valence-electron chi connectivity index (χ3n) is 5.05. The van der Waals surface area contributed by atoms with Gasteiger partial charge in [0.15, 0.2) is 0 Å². The van der Waals surface area contributed by atoms with E-state index in [1.165, 1.54) is 11.3 Å². The van der Waals surface area contributed by atoms with Crippen molar-refractivity contribution in [3.63, 3.8) is 0 Å². The molecule has 0 bridgehead atoms. The van der Waals surface area contributed by atoms with Gasteiger partial charge in [-0.15, -0.1) is 11.3 Å². The van der Waals surface area contributed by atoms with E-state index in [-0.39, 0.29) is 17.9 Å². The highest BCUT2D eigenvalue weighted by Gasteiger charge is 2.33. The van der Waals surface area contributed by atoms with E-state index in [4.69, 9.17) is 17.3 Å². The molecule has 1 aromatic heterocycles. The van der Waals surface area contributed by atoms with Gasteiger partial charge in [0.25, 0.3) is 11.8 Å². The molecule has 0 atom stereocenters. The lowest BCUT2D eigenvalue weighted by Gasteiger charge is -2.23. The largest absolute Gasteiger partial charge is 0.366 e. The second-order valence-corrected chi connectivity index (χ2v) is 8.71. The molecule has 4 rings (SSSR count). The number of nitrogens with two attached hydrogens (primary N) is 1. The Morgan fingerprint density at radius 3 is 2.39 bits per heavy atom. The first-order valence-electron chi connectivity index (χ1n) is 9.76. The van der Waals surface area contributed by atoms with Gasteiger partial charge in [-0.2, -0.15) is 0 Å². The second-order valence-electron chi connectivity index (χ2n) is 7.35. The monoisotopic (exact) mass is 453 g/mol. The number of amides is 3. The molecule has 3 amide bonds. The summed E-state index contributed by atoms with van der Waals surface area (Å²) in [5, 5.41) is 4.97. The third-order valence-corrected chi connectivity index (χ3v) is 6.24. The first-order chi connectivity index (χ1) is 14.9. The zero-order chi connectivity index (χ0) is 22.0. The van der Waals surface area contributed by atoms with Crippen LogP contribution in [-0.2, 0) is 6.54 Å². The smallest absolute Gasteiger partial charge is 0.265 e. The van der Waals surface area contributed by atoms with Gasteiger partial charge in [-0.25, -0.2) is 0 Å². The molecule has 1 heterocycles. The predicted octanol–water partition coefficient (Wildman–Crippen LogP) is 4.56. The second kappa shape index (κ2) is 8.91. The summed E-state index contributed by atoms with van der Waals surface area (Å²) in [7, 11) is 0. The van der Waals surface area contributed by atoms with Crippen LogP contribution in [0.1, 0.15) is 48.8 Å². The maximum absolute atomic E-state index is 13.3. The van der Waals surface area contributed by atoms with Crippen LogP contribution >= 0.6 is 22.9 Å². The Hall–Kier alpha value is -3.16. The van der Waals surface area contributed by atoms with E-state index in [1.807, 2.05) is 10.3 Å². The van der Waals surface area contributed by atoms with Crippen molar-refractivity contribution in [2.75, 3.05) is 5.32 Å². The molecule has 3 N–H and O–H groups in total. The van der Waals surface area contributed by atoms with Crippen LogP contribution < -0.4 is 11.1 Å². The maximum Gasteiger partial charge on any atom is 0.265 e. The van der Waals surface area contributed by atoms with Gasteiger partial charge >= 0.3 is 0 Å². The van der Waals surface area contributed by atoms with Gasteiger partial charge in [-0.05, 0) is 60.2 Å². The maximum atomic E-state index is 13.3. The predicted molar refractivity (Wildman–Crippen MR) is 122 cm³/mol. The molecule has 3 aromatic rings. The molecule has 0 saturated heterocycles. The fourth-order valence-electron chi connectivity index (χ4n) is 3.24. The molecule has 8 heteroatoms. The van der Waals surface area contributed by atoms with E-state index in [2.05, 4.69) is 5.32 Å². The summed E-state index contributed by atoms with van der Waals surface area (Å²) in [6.45, 7) is 0.419. The van der Waals surface area contributed by atoms with E-state index in [9.17, 15) is 14.4 Å². The number of nitrogens with one attached hydrogen (secondary N) is 1. The molecule has 0 spiro atoms. The minimum Gasteiger partial charge on any atom is -0.366 e. The summed E-state index contributed by atoms with van der Waals surface area (Å²) in [4.78, 5) is 39.3. The molecule has 1 fully saturated rings. The van der Waals surface area contributed by atoms with E-state index < -0.39 is 5.91 Å². The molecule has 1 aliphatic rings. The summed E-state index contributed by atoms with van der Waals surface area (Å²) < 4.78 is 0. The summed E-state index contributed by atoms with van der Waals surface area (Å²) in [5.41, 5.74) is 7.48. The average molecular weight is 454 g/mol. The number of nitrogens with zero attached hydrogens (tertiary/aromatic N) is 1. The van der Waals surface area contributed by atoms with Crippen LogP contribution in [0.3, 0.4) is 0 Å². The number of primary amides is 1. The minimum absolute atomic E-state index is 0.134. The lowest BCUT2D eigenvalue weighted by molar-refractivity contribution is 0.0729. The van der Waals surface area contributed by atoms with Crippen molar-refractivity contribution in [1.82, 2.24) is 4.90 Å². The van der Waals surface area contributed by atoms with Crippen LogP contribution in [0, 0.1) is 0 Å². The molecule has 31 heavy (non-hydrogen) atoms. The SMILES string of the molecule is NC(=O)c1ccc(CN(C(=O)c2ccc(Cl)c(NC(=O)c3cccs3)c2)C2CC2)cc1. The highest BCUT2D eigenvalue weighted by molar-refractivity contribution is 7.12. The molecule has 1 aliphatic carbocycles. The first-order valence-corrected chi connectivity index (χ1v) is 11.0. The normalized spacial score (nSPS) is 12.9. The van der Waals surface area contributed by atoms with E-state index in [0.29, 0.717) is 33.3 Å². The number of anilines is 1. The summed E-state index contributed by atoms with van der Waals surface area (Å²) in [6.07, 6.45) is 1.89. The fourth-order valence-corrected chi connectivity index (χ4v) is 4.02. The summed E-state index contributed by atoms with van der Waals surface area (Å²) >= 11 is 7.59. The van der Waals surface area contributed by atoms with Crippen LogP contribution in [-0.4, -0.2) is 28.7 Å². The van der Waals surface area contributed by atoms with Crippen LogP contribution in [0.4, 0.5) is 5.69 Å². The average Bonchev–Trinajstić information content (AvgIpc) is 3.45. The quantitative estimate of drug-likeness (QED) is 0.549. The van der Waals surface area contributed by atoms with Gasteiger partial charge in [0, 0.05) is 23.7 Å². The molecule has 2 aromatic carbocycles. The van der Waals surface area contributed by atoms with Crippen LogP contribution in [0.25, 0.3) is 0 Å². The fraction of sp³-hybridized carbons (Fsp3) is 0.174. The topological polar surface area (TPSA) is 92.5 Å². The van der Waals surface area contributed by atoms with Crippen LogP contribution in [0.5, 0.6) is 0 Å². The molecular weight excluding hydrogens is 434 g/mol. The van der Waals surface area contributed by atoms with Gasteiger partial charge < -0.3 is 16.0 Å². The number of hydrogen-bond acceptors (Lipinski definition) is 4. The van der Waals surface area contributed by atoms with Gasteiger partial charge in [0.05, 0.1) is 15.6 Å². The van der Waals surface area contributed by atoms with E-state index in [1.54, 1.807) is 54.6 Å². The number of carbonyl (C=O) groups is 3. The summed E-state index contributed by atoms with van der Waals surface area (Å²) in [5.74, 6) is -0.889. The molecule has 1 saturated carbocycles. The molecule has 6 nitrogen and oxygen atoms in total. The molecular formula is C23H20ClN3O3S. The number of carbonyl (C=O) groups excluding carboxylic acids is 3. The Bertz CT molecular complexity index is 1130. The first kappa shape index (κ1) is 21.1. The highest BCUT2D eigenvalue weighted by atomic mass is 35.5. The zero-order valence-corrected chi connectivity index (χ0v) is 18.1. The molecule has 0 aliphatic heterocycles. The number of hydrogen-bond donors (Lipinski definition) is 2. The number of rotatable bonds is 7. The van der Waals surface area contributed by atoms with Gasteiger partial charge in [0.2, 0.25) is 5.91 Å². The summed E-state index contributed by atoms with van der Waals surface area (Å²) in [6, 6.07) is 15.5. The molecule has 0 radical (unpaired) electrons. The van der Waals surface area contributed by atoms with Gasteiger partial charge in [0.1, 0.15) is 0 Å².